The lowest BCUT2D eigenvalue weighted by Crippen LogP contribution is -2.31. The van der Waals surface area contributed by atoms with Gasteiger partial charge >= 0.3 is 0 Å². The minimum atomic E-state index is -0.129. The number of anilines is 3. The Bertz CT molecular complexity index is 1440. The average molecular weight is 510 g/mol. The van der Waals surface area contributed by atoms with E-state index in [-0.39, 0.29) is 11.3 Å². The SMILES string of the molecule is Cc1ccc(C(=O)NCc2ccc(C(C)(C)C)cc2)cc1Nc1ncnc2cnc(N3CCCCC3)nc12. The number of aryl methyl sites for hydroxylation is 1. The number of piperidine rings is 1. The number of fused-ring (bicyclic) bond motifs is 1. The van der Waals surface area contributed by atoms with Crippen LogP contribution in [-0.2, 0) is 12.0 Å². The van der Waals surface area contributed by atoms with Crippen LogP contribution in [0.15, 0.2) is 55.0 Å². The average Bonchev–Trinajstić information content (AvgIpc) is 2.93. The molecule has 0 unspecified atom stereocenters. The summed E-state index contributed by atoms with van der Waals surface area (Å²) in [6.45, 7) is 11.0. The second-order valence-corrected chi connectivity index (χ2v) is 11.0. The Morgan fingerprint density at radius 2 is 1.74 bits per heavy atom. The van der Waals surface area contributed by atoms with Gasteiger partial charge in [0.1, 0.15) is 17.4 Å². The lowest BCUT2D eigenvalue weighted by molar-refractivity contribution is 0.0951. The van der Waals surface area contributed by atoms with Crippen molar-refractivity contribution in [3.05, 3.63) is 77.2 Å². The fraction of sp³-hybridized carbons (Fsp3) is 0.367. The van der Waals surface area contributed by atoms with Gasteiger partial charge in [-0.3, -0.25) is 4.79 Å². The number of benzene rings is 2. The maximum atomic E-state index is 13.0. The first-order valence-corrected chi connectivity index (χ1v) is 13.3. The number of rotatable bonds is 6. The number of amides is 1. The van der Waals surface area contributed by atoms with Gasteiger partial charge in [0, 0.05) is 30.9 Å². The standard InChI is InChI=1S/C30H35N7O/c1-20-8-11-22(28(38)31-17-21-9-12-23(13-10-21)30(2,3)4)16-24(20)35-27-26-25(33-19-34-27)18-32-29(36-26)37-14-6-5-7-15-37/h8-13,16,18-19H,5-7,14-15,17H2,1-4H3,(H,31,38)(H,33,34,35). The van der Waals surface area contributed by atoms with Crippen LogP contribution in [0.4, 0.5) is 17.5 Å². The van der Waals surface area contributed by atoms with E-state index in [2.05, 4.69) is 75.5 Å². The molecule has 0 spiro atoms. The predicted molar refractivity (Wildman–Crippen MR) is 152 cm³/mol. The van der Waals surface area contributed by atoms with Gasteiger partial charge in [-0.1, -0.05) is 51.1 Å². The molecule has 0 atom stereocenters. The van der Waals surface area contributed by atoms with Crippen LogP contribution in [0.3, 0.4) is 0 Å². The van der Waals surface area contributed by atoms with Gasteiger partial charge in [0.05, 0.1) is 6.20 Å². The molecule has 3 heterocycles. The van der Waals surface area contributed by atoms with Crippen molar-refractivity contribution in [2.45, 2.75) is 58.9 Å². The van der Waals surface area contributed by atoms with Crippen LogP contribution in [0.2, 0.25) is 0 Å². The Labute approximate surface area is 224 Å². The van der Waals surface area contributed by atoms with Gasteiger partial charge < -0.3 is 15.5 Å². The largest absolute Gasteiger partial charge is 0.348 e. The summed E-state index contributed by atoms with van der Waals surface area (Å²) < 4.78 is 0. The highest BCUT2D eigenvalue weighted by Crippen LogP contribution is 2.27. The summed E-state index contributed by atoms with van der Waals surface area (Å²) in [7, 11) is 0. The molecule has 1 amide bonds. The molecule has 8 nitrogen and oxygen atoms in total. The molecular weight excluding hydrogens is 474 g/mol. The fourth-order valence-electron chi connectivity index (χ4n) is 4.62. The molecular formula is C30H35N7O. The molecule has 4 aromatic rings. The smallest absolute Gasteiger partial charge is 0.251 e. The van der Waals surface area contributed by atoms with E-state index in [0.29, 0.717) is 34.9 Å². The fourth-order valence-corrected chi connectivity index (χ4v) is 4.62. The molecule has 2 aromatic carbocycles. The van der Waals surface area contributed by atoms with Gasteiger partial charge in [-0.2, -0.15) is 0 Å². The zero-order valence-corrected chi connectivity index (χ0v) is 22.6. The van der Waals surface area contributed by atoms with Crippen LogP contribution >= 0.6 is 0 Å². The van der Waals surface area contributed by atoms with Crippen molar-refractivity contribution >= 4 is 34.4 Å². The lowest BCUT2D eigenvalue weighted by atomic mass is 9.87. The normalized spacial score (nSPS) is 13.9. The van der Waals surface area contributed by atoms with Crippen LogP contribution in [0, 0.1) is 6.92 Å². The van der Waals surface area contributed by atoms with E-state index in [1.54, 1.807) is 6.20 Å². The molecule has 2 aromatic heterocycles. The molecule has 196 valence electrons. The van der Waals surface area contributed by atoms with Crippen molar-refractivity contribution in [1.82, 2.24) is 25.3 Å². The van der Waals surface area contributed by atoms with E-state index in [9.17, 15) is 4.79 Å². The van der Waals surface area contributed by atoms with Gasteiger partial charge in [-0.25, -0.2) is 19.9 Å². The number of nitrogens with zero attached hydrogens (tertiary/aromatic N) is 5. The zero-order chi connectivity index (χ0) is 26.7. The van der Waals surface area contributed by atoms with E-state index in [1.165, 1.54) is 18.3 Å². The first kappa shape index (κ1) is 25.6. The van der Waals surface area contributed by atoms with Gasteiger partial charge in [0.15, 0.2) is 5.82 Å². The monoisotopic (exact) mass is 509 g/mol. The molecule has 0 bridgehead atoms. The van der Waals surface area contributed by atoms with E-state index in [0.717, 1.165) is 42.7 Å². The first-order chi connectivity index (χ1) is 18.3. The van der Waals surface area contributed by atoms with Crippen LogP contribution in [0.1, 0.15) is 67.1 Å². The Morgan fingerprint density at radius 1 is 0.974 bits per heavy atom. The number of nitrogens with one attached hydrogen (secondary N) is 2. The van der Waals surface area contributed by atoms with Crippen molar-refractivity contribution in [2.24, 2.45) is 0 Å². The van der Waals surface area contributed by atoms with Gasteiger partial charge in [0.2, 0.25) is 5.95 Å². The molecule has 1 aliphatic heterocycles. The van der Waals surface area contributed by atoms with Crippen molar-refractivity contribution < 1.29 is 4.79 Å². The maximum absolute atomic E-state index is 13.0. The van der Waals surface area contributed by atoms with Crippen molar-refractivity contribution in [1.29, 1.82) is 0 Å². The second kappa shape index (κ2) is 10.7. The Morgan fingerprint density at radius 3 is 2.47 bits per heavy atom. The third kappa shape index (κ3) is 5.74. The molecule has 38 heavy (non-hydrogen) atoms. The summed E-state index contributed by atoms with van der Waals surface area (Å²) in [5, 5.41) is 6.43. The van der Waals surface area contributed by atoms with E-state index in [4.69, 9.17) is 4.98 Å². The molecule has 0 saturated carbocycles. The Balaban J connectivity index is 1.33. The Hall–Kier alpha value is -4.07. The lowest BCUT2D eigenvalue weighted by Gasteiger charge is -2.26. The van der Waals surface area contributed by atoms with Crippen LogP contribution in [0.5, 0.6) is 0 Å². The van der Waals surface area contributed by atoms with E-state index in [1.807, 2.05) is 25.1 Å². The summed E-state index contributed by atoms with van der Waals surface area (Å²) in [6, 6.07) is 14.0. The molecule has 0 aliphatic carbocycles. The van der Waals surface area contributed by atoms with Gasteiger partial charge in [-0.05, 0) is 60.4 Å². The summed E-state index contributed by atoms with van der Waals surface area (Å²) in [5.74, 6) is 1.17. The highest BCUT2D eigenvalue weighted by Gasteiger charge is 2.17. The third-order valence-electron chi connectivity index (χ3n) is 7.03. The summed E-state index contributed by atoms with van der Waals surface area (Å²) in [5.41, 5.74) is 6.14. The van der Waals surface area contributed by atoms with Crippen molar-refractivity contribution in [3.8, 4) is 0 Å². The Kier molecular flexibility index (Phi) is 7.22. The number of carbonyl (C=O) groups is 1. The molecule has 5 rings (SSSR count). The minimum absolute atomic E-state index is 0.100. The second-order valence-electron chi connectivity index (χ2n) is 11.0. The highest BCUT2D eigenvalue weighted by atomic mass is 16.1. The molecule has 1 fully saturated rings. The summed E-state index contributed by atoms with van der Waals surface area (Å²) in [6.07, 6.45) is 6.80. The number of aromatic nitrogens is 4. The van der Waals surface area contributed by atoms with Crippen LogP contribution in [-0.4, -0.2) is 38.9 Å². The topological polar surface area (TPSA) is 95.9 Å². The molecule has 1 aliphatic rings. The first-order valence-electron chi connectivity index (χ1n) is 13.3. The molecule has 2 N–H and O–H groups in total. The number of hydrogen-bond acceptors (Lipinski definition) is 7. The van der Waals surface area contributed by atoms with Crippen LogP contribution in [0.25, 0.3) is 11.0 Å². The quantitative estimate of drug-likeness (QED) is 0.345. The van der Waals surface area contributed by atoms with Gasteiger partial charge in [-0.15, -0.1) is 0 Å². The third-order valence-corrected chi connectivity index (χ3v) is 7.03. The van der Waals surface area contributed by atoms with E-state index < -0.39 is 0 Å². The van der Waals surface area contributed by atoms with E-state index >= 15 is 0 Å². The predicted octanol–water partition coefficient (Wildman–Crippen LogP) is 5.69. The molecule has 0 radical (unpaired) electrons. The number of carbonyl (C=O) groups excluding carboxylic acids is 1. The summed E-state index contributed by atoms with van der Waals surface area (Å²) >= 11 is 0. The molecule has 8 heteroatoms. The van der Waals surface area contributed by atoms with Gasteiger partial charge in [0.25, 0.3) is 5.91 Å². The van der Waals surface area contributed by atoms with Crippen molar-refractivity contribution in [2.75, 3.05) is 23.3 Å². The maximum Gasteiger partial charge on any atom is 0.251 e. The van der Waals surface area contributed by atoms with Crippen LogP contribution < -0.4 is 15.5 Å². The zero-order valence-electron chi connectivity index (χ0n) is 22.6. The minimum Gasteiger partial charge on any atom is -0.348 e. The highest BCUT2D eigenvalue weighted by molar-refractivity contribution is 5.96. The molecule has 1 saturated heterocycles. The van der Waals surface area contributed by atoms with Crippen molar-refractivity contribution in [3.63, 3.8) is 0 Å². The number of hydrogen-bond donors (Lipinski definition) is 2. The summed E-state index contributed by atoms with van der Waals surface area (Å²) in [4.78, 5) is 33.4.